The zero-order valence-electron chi connectivity index (χ0n) is 22.2. The lowest BCUT2D eigenvalue weighted by molar-refractivity contribution is -0.141. The van der Waals surface area contributed by atoms with Crippen molar-refractivity contribution in [2.24, 2.45) is 5.92 Å². The molecule has 0 bridgehead atoms. The third kappa shape index (κ3) is 4.84. The van der Waals surface area contributed by atoms with Crippen LogP contribution in [0.3, 0.4) is 0 Å². The minimum Gasteiger partial charge on any atom is -0.497 e. The van der Waals surface area contributed by atoms with Crippen LogP contribution in [0.4, 0.5) is 13.2 Å². The van der Waals surface area contributed by atoms with Crippen molar-refractivity contribution in [1.82, 2.24) is 29.2 Å². The number of nitrogens with zero attached hydrogens (tertiary/aromatic N) is 6. The molecule has 1 aromatic carbocycles. The van der Waals surface area contributed by atoms with E-state index >= 15 is 0 Å². The fraction of sp³-hybridized carbons (Fsp3) is 0.379. The van der Waals surface area contributed by atoms with Crippen LogP contribution in [0.1, 0.15) is 58.7 Å². The minimum atomic E-state index is -4.64. The van der Waals surface area contributed by atoms with Crippen molar-refractivity contribution in [2.75, 3.05) is 13.7 Å². The minimum absolute atomic E-state index is 0.00691. The number of rotatable bonds is 8. The molecule has 208 valence electrons. The SMILES string of the molecule is CCn1cc(-c2cc(Cn3ccnc3)cc3c2CCN(C(c2cc(OC)ccn2)C2CC2)C3=O)c(C(F)(F)F)n1. The van der Waals surface area contributed by atoms with Gasteiger partial charge in [0, 0.05) is 61.6 Å². The molecule has 0 radical (unpaired) electrons. The Morgan fingerprint density at radius 2 is 1.93 bits per heavy atom. The van der Waals surface area contributed by atoms with Gasteiger partial charge in [0.15, 0.2) is 5.69 Å². The Balaban J connectivity index is 1.47. The molecule has 11 heteroatoms. The Morgan fingerprint density at radius 3 is 2.60 bits per heavy atom. The highest BCUT2D eigenvalue weighted by Crippen LogP contribution is 2.47. The average Bonchev–Trinajstić information content (AvgIpc) is 3.44. The standard InChI is InChI=1S/C29H29F3N6O2/c1-3-37-16-24(27(35-37)29(30,31)32)22-12-18(15-36-11-9-33-17-36)13-23-21(22)7-10-38(28(23)39)26(19-4-5-19)25-14-20(40-2)6-8-34-25/h6,8-9,11-14,16-17,19,26H,3-5,7,10,15H2,1-2H3. The van der Waals surface area contributed by atoms with E-state index in [4.69, 9.17) is 4.74 Å². The number of carbonyl (C=O) groups excluding carboxylic acids is 1. The van der Waals surface area contributed by atoms with Crippen LogP contribution < -0.4 is 4.74 Å². The number of alkyl halides is 3. The van der Waals surface area contributed by atoms with Gasteiger partial charge in [0.2, 0.25) is 0 Å². The van der Waals surface area contributed by atoms with Gasteiger partial charge in [-0.25, -0.2) is 4.98 Å². The molecule has 3 aromatic heterocycles. The van der Waals surface area contributed by atoms with E-state index in [-0.39, 0.29) is 23.4 Å². The summed E-state index contributed by atoms with van der Waals surface area (Å²) >= 11 is 0. The summed E-state index contributed by atoms with van der Waals surface area (Å²) in [5.41, 5.74) is 1.96. The van der Waals surface area contributed by atoms with Crippen molar-refractivity contribution >= 4 is 5.91 Å². The Morgan fingerprint density at radius 1 is 1.12 bits per heavy atom. The lowest BCUT2D eigenvalue weighted by Gasteiger charge is -2.36. The van der Waals surface area contributed by atoms with Crippen molar-refractivity contribution in [3.63, 3.8) is 0 Å². The Labute approximate surface area is 229 Å². The number of imidazole rings is 1. The quantitative estimate of drug-likeness (QED) is 0.294. The predicted octanol–water partition coefficient (Wildman–Crippen LogP) is 5.39. The molecule has 1 atom stereocenters. The molecule has 1 fully saturated rings. The summed E-state index contributed by atoms with van der Waals surface area (Å²) in [6.45, 7) is 2.78. The molecule has 1 saturated carbocycles. The highest BCUT2D eigenvalue weighted by Gasteiger charge is 2.43. The number of fused-ring (bicyclic) bond motifs is 1. The predicted molar refractivity (Wildman–Crippen MR) is 141 cm³/mol. The van der Waals surface area contributed by atoms with E-state index in [0.717, 1.165) is 18.5 Å². The van der Waals surface area contributed by atoms with Crippen LogP contribution in [0.2, 0.25) is 0 Å². The number of methoxy groups -OCH3 is 1. The number of halogens is 3. The number of aromatic nitrogens is 5. The first-order chi connectivity index (χ1) is 19.3. The van der Waals surface area contributed by atoms with E-state index in [0.29, 0.717) is 54.1 Å². The van der Waals surface area contributed by atoms with Crippen LogP contribution in [0.25, 0.3) is 11.1 Å². The summed E-state index contributed by atoms with van der Waals surface area (Å²) in [4.78, 5) is 24.7. The van der Waals surface area contributed by atoms with E-state index in [1.807, 2.05) is 21.6 Å². The van der Waals surface area contributed by atoms with Gasteiger partial charge < -0.3 is 14.2 Å². The molecule has 1 aliphatic heterocycles. The summed E-state index contributed by atoms with van der Waals surface area (Å²) in [6.07, 6.45) is 5.92. The molecule has 1 aliphatic carbocycles. The highest BCUT2D eigenvalue weighted by atomic mass is 19.4. The largest absolute Gasteiger partial charge is 0.497 e. The van der Waals surface area contributed by atoms with Gasteiger partial charge in [-0.2, -0.15) is 18.3 Å². The number of hydrogen-bond acceptors (Lipinski definition) is 5. The monoisotopic (exact) mass is 550 g/mol. The first-order valence-electron chi connectivity index (χ1n) is 13.3. The van der Waals surface area contributed by atoms with Crippen molar-refractivity contribution < 1.29 is 22.7 Å². The lowest BCUT2D eigenvalue weighted by Crippen LogP contribution is -2.41. The average molecular weight is 551 g/mol. The maximum Gasteiger partial charge on any atom is 0.435 e. The van der Waals surface area contributed by atoms with Gasteiger partial charge in [-0.3, -0.25) is 14.5 Å². The Bertz CT molecular complexity index is 1540. The summed E-state index contributed by atoms with van der Waals surface area (Å²) in [5.74, 6) is 0.740. The maximum absolute atomic E-state index is 14.2. The number of ether oxygens (including phenoxy) is 1. The van der Waals surface area contributed by atoms with Gasteiger partial charge in [0.05, 0.1) is 25.2 Å². The highest BCUT2D eigenvalue weighted by molar-refractivity contribution is 5.99. The number of hydrogen-bond donors (Lipinski definition) is 0. The molecule has 40 heavy (non-hydrogen) atoms. The number of carbonyl (C=O) groups is 1. The van der Waals surface area contributed by atoms with Gasteiger partial charge in [0.1, 0.15) is 5.75 Å². The second-order valence-corrected chi connectivity index (χ2v) is 10.3. The topological polar surface area (TPSA) is 78.1 Å². The third-order valence-electron chi connectivity index (χ3n) is 7.67. The summed E-state index contributed by atoms with van der Waals surface area (Å²) < 4.78 is 50.9. The number of amides is 1. The van der Waals surface area contributed by atoms with Crippen molar-refractivity contribution in [3.8, 4) is 16.9 Å². The van der Waals surface area contributed by atoms with Gasteiger partial charge in [-0.15, -0.1) is 0 Å². The van der Waals surface area contributed by atoms with Gasteiger partial charge in [-0.05, 0) is 67.0 Å². The molecular weight excluding hydrogens is 521 g/mol. The van der Waals surface area contributed by atoms with Crippen LogP contribution in [-0.2, 0) is 25.7 Å². The molecule has 4 heterocycles. The van der Waals surface area contributed by atoms with E-state index < -0.39 is 11.9 Å². The first-order valence-corrected chi connectivity index (χ1v) is 13.3. The van der Waals surface area contributed by atoms with E-state index in [2.05, 4.69) is 15.1 Å². The summed E-state index contributed by atoms with van der Waals surface area (Å²) in [5, 5.41) is 3.84. The zero-order valence-corrected chi connectivity index (χ0v) is 22.2. The molecule has 0 spiro atoms. The number of pyridine rings is 1. The molecular formula is C29H29F3N6O2. The lowest BCUT2D eigenvalue weighted by atomic mass is 9.87. The maximum atomic E-state index is 14.2. The molecule has 0 N–H and O–H groups in total. The zero-order chi connectivity index (χ0) is 28.0. The van der Waals surface area contributed by atoms with Gasteiger partial charge in [0.25, 0.3) is 5.91 Å². The molecule has 1 unspecified atom stereocenters. The van der Waals surface area contributed by atoms with E-state index in [1.165, 1.54) is 10.9 Å². The van der Waals surface area contributed by atoms with Crippen LogP contribution in [0.5, 0.6) is 5.75 Å². The molecule has 6 rings (SSSR count). The second kappa shape index (κ2) is 10.1. The van der Waals surface area contributed by atoms with E-state index in [9.17, 15) is 18.0 Å². The Hall–Kier alpha value is -4.15. The van der Waals surface area contributed by atoms with Gasteiger partial charge in [-0.1, -0.05) is 0 Å². The van der Waals surface area contributed by atoms with Crippen molar-refractivity contribution in [1.29, 1.82) is 0 Å². The Kier molecular flexibility index (Phi) is 6.59. The number of benzene rings is 1. The van der Waals surface area contributed by atoms with Crippen LogP contribution in [0, 0.1) is 5.92 Å². The fourth-order valence-corrected chi connectivity index (χ4v) is 5.64. The molecule has 4 aromatic rings. The van der Waals surface area contributed by atoms with Crippen LogP contribution >= 0.6 is 0 Å². The van der Waals surface area contributed by atoms with Crippen molar-refractivity contribution in [3.05, 3.63) is 83.5 Å². The second-order valence-electron chi connectivity index (χ2n) is 10.3. The van der Waals surface area contributed by atoms with Crippen molar-refractivity contribution in [2.45, 2.75) is 51.5 Å². The smallest absolute Gasteiger partial charge is 0.435 e. The molecule has 2 aliphatic rings. The van der Waals surface area contributed by atoms with E-state index in [1.54, 1.807) is 51.1 Å². The molecule has 0 saturated heterocycles. The van der Waals surface area contributed by atoms with Gasteiger partial charge >= 0.3 is 6.18 Å². The van der Waals surface area contributed by atoms with Crippen LogP contribution in [-0.4, -0.2) is 48.8 Å². The fourth-order valence-electron chi connectivity index (χ4n) is 5.64. The first kappa shape index (κ1) is 26.1. The molecule has 8 nitrogen and oxygen atoms in total. The van der Waals surface area contributed by atoms with Crippen LogP contribution in [0.15, 0.2) is 55.4 Å². The molecule has 1 amide bonds. The number of aryl methyl sites for hydroxylation is 1. The summed E-state index contributed by atoms with van der Waals surface area (Å²) in [6, 6.07) is 6.97. The normalized spacial score (nSPS) is 16.2. The summed E-state index contributed by atoms with van der Waals surface area (Å²) in [7, 11) is 1.59. The third-order valence-corrected chi connectivity index (χ3v) is 7.67.